The normalized spacial score (nSPS) is 10.9. The smallest absolute Gasteiger partial charge is 0.288 e. The molecule has 0 radical (unpaired) electrons. The molecule has 7 heteroatoms. The minimum Gasteiger partial charge on any atom is -0.319 e. The van der Waals surface area contributed by atoms with Gasteiger partial charge in [0.15, 0.2) is 5.16 Å². The molecule has 0 aliphatic heterocycles. The molecule has 3 nitrogen and oxygen atoms in total. The van der Waals surface area contributed by atoms with Gasteiger partial charge in [-0.3, -0.25) is 4.79 Å². The van der Waals surface area contributed by atoms with Crippen molar-refractivity contribution in [2.24, 2.45) is 0 Å². The third-order valence-corrected chi connectivity index (χ3v) is 6.89. The number of thioether (sulfide) groups is 1. The van der Waals surface area contributed by atoms with Gasteiger partial charge in [0, 0.05) is 26.9 Å². The monoisotopic (exact) mass is 556 g/mol. The van der Waals surface area contributed by atoms with Gasteiger partial charge in [0.25, 0.3) is 5.56 Å². The Kier molecular flexibility index (Phi) is 6.77. The van der Waals surface area contributed by atoms with E-state index in [2.05, 4.69) is 81.6 Å². The van der Waals surface area contributed by atoms with Crippen LogP contribution in [0.3, 0.4) is 0 Å². The SMILES string of the molecule is Cc1c(Br)c(=O)nc(SCc2ccc(Br)cc2)n1Cc1ccc(Br)cc1. The molecular weight excluding hydrogens is 544 g/mol. The van der Waals surface area contributed by atoms with Crippen molar-refractivity contribution in [1.29, 1.82) is 0 Å². The zero-order valence-electron chi connectivity index (χ0n) is 13.9. The molecule has 0 bridgehead atoms. The summed E-state index contributed by atoms with van der Waals surface area (Å²) >= 11 is 11.9. The van der Waals surface area contributed by atoms with Gasteiger partial charge in [-0.05, 0) is 58.2 Å². The van der Waals surface area contributed by atoms with Crippen molar-refractivity contribution in [1.82, 2.24) is 9.55 Å². The zero-order valence-corrected chi connectivity index (χ0v) is 19.5. The van der Waals surface area contributed by atoms with Crippen molar-refractivity contribution in [2.45, 2.75) is 24.4 Å². The number of hydrogen-bond donors (Lipinski definition) is 0. The van der Waals surface area contributed by atoms with Gasteiger partial charge >= 0.3 is 0 Å². The molecule has 0 unspecified atom stereocenters. The number of halogens is 3. The second-order valence-corrected chi connectivity index (χ2v) is 9.29. The fourth-order valence-electron chi connectivity index (χ4n) is 2.41. The fraction of sp³-hybridized carbons (Fsp3) is 0.158. The van der Waals surface area contributed by atoms with E-state index in [1.54, 1.807) is 11.8 Å². The van der Waals surface area contributed by atoms with Gasteiger partial charge in [-0.1, -0.05) is 67.9 Å². The van der Waals surface area contributed by atoms with Crippen molar-refractivity contribution in [3.8, 4) is 0 Å². The molecular formula is C19H15Br3N2OS. The first kappa shape index (κ1) is 19.9. The molecule has 26 heavy (non-hydrogen) atoms. The van der Waals surface area contributed by atoms with Crippen LogP contribution < -0.4 is 5.56 Å². The van der Waals surface area contributed by atoms with E-state index in [4.69, 9.17) is 0 Å². The number of rotatable bonds is 5. The van der Waals surface area contributed by atoms with E-state index >= 15 is 0 Å². The van der Waals surface area contributed by atoms with E-state index in [9.17, 15) is 4.79 Å². The van der Waals surface area contributed by atoms with Gasteiger partial charge in [-0.2, -0.15) is 4.98 Å². The third kappa shape index (κ3) is 4.88. The molecule has 1 aromatic heterocycles. The Bertz CT molecular complexity index is 970. The first-order valence-corrected chi connectivity index (χ1v) is 11.2. The highest BCUT2D eigenvalue weighted by molar-refractivity contribution is 9.11. The molecule has 3 rings (SSSR count). The molecule has 1 heterocycles. The van der Waals surface area contributed by atoms with Gasteiger partial charge in [-0.15, -0.1) is 0 Å². The highest BCUT2D eigenvalue weighted by Crippen LogP contribution is 2.25. The Balaban J connectivity index is 1.91. The Morgan fingerprint density at radius 3 is 2.04 bits per heavy atom. The quantitative estimate of drug-likeness (QED) is 0.277. The first-order chi connectivity index (χ1) is 12.4. The number of aromatic nitrogens is 2. The van der Waals surface area contributed by atoms with Crippen LogP contribution in [0.1, 0.15) is 16.8 Å². The molecule has 0 aliphatic rings. The summed E-state index contributed by atoms with van der Waals surface area (Å²) < 4.78 is 4.69. The van der Waals surface area contributed by atoms with Gasteiger partial charge in [0.2, 0.25) is 0 Å². The minimum absolute atomic E-state index is 0.229. The lowest BCUT2D eigenvalue weighted by Gasteiger charge is -2.16. The van der Waals surface area contributed by atoms with E-state index in [1.165, 1.54) is 5.56 Å². The van der Waals surface area contributed by atoms with Gasteiger partial charge in [0.1, 0.15) is 4.47 Å². The highest BCUT2D eigenvalue weighted by atomic mass is 79.9. The van der Waals surface area contributed by atoms with Crippen LogP contribution in [0, 0.1) is 6.92 Å². The third-order valence-electron chi connectivity index (χ3n) is 3.87. The second-order valence-electron chi connectivity index (χ2n) is 5.73. The summed E-state index contributed by atoms with van der Waals surface area (Å²) in [7, 11) is 0. The van der Waals surface area contributed by atoms with Crippen LogP contribution in [-0.4, -0.2) is 9.55 Å². The molecule has 0 amide bonds. The Labute approximate surface area is 181 Å². The summed E-state index contributed by atoms with van der Waals surface area (Å²) in [4.78, 5) is 16.5. The lowest BCUT2D eigenvalue weighted by atomic mass is 10.2. The minimum atomic E-state index is -0.229. The van der Waals surface area contributed by atoms with Crippen LogP contribution in [0.15, 0.2) is 71.9 Å². The summed E-state index contributed by atoms with van der Waals surface area (Å²) in [6.07, 6.45) is 0. The molecule has 0 saturated carbocycles. The lowest BCUT2D eigenvalue weighted by molar-refractivity contribution is 0.634. The van der Waals surface area contributed by atoms with Gasteiger partial charge in [0.05, 0.1) is 0 Å². The van der Waals surface area contributed by atoms with Crippen LogP contribution >= 0.6 is 59.6 Å². The summed E-state index contributed by atoms with van der Waals surface area (Å²) in [6.45, 7) is 2.60. The molecule has 0 fully saturated rings. The van der Waals surface area contributed by atoms with Gasteiger partial charge < -0.3 is 4.57 Å². The van der Waals surface area contributed by atoms with Crippen molar-refractivity contribution in [3.63, 3.8) is 0 Å². The average molecular weight is 559 g/mol. The van der Waals surface area contributed by atoms with Crippen LogP contribution in [0.4, 0.5) is 0 Å². The molecule has 3 aromatic rings. The van der Waals surface area contributed by atoms with Crippen molar-refractivity contribution in [2.75, 3.05) is 0 Å². The van der Waals surface area contributed by atoms with Crippen molar-refractivity contribution in [3.05, 3.63) is 89.1 Å². The topological polar surface area (TPSA) is 34.9 Å². The molecule has 0 spiro atoms. The maximum Gasteiger partial charge on any atom is 0.288 e. The molecule has 2 aromatic carbocycles. The fourth-order valence-corrected chi connectivity index (χ4v) is 4.23. The van der Waals surface area contributed by atoms with E-state index in [1.807, 2.05) is 31.2 Å². The number of hydrogen-bond acceptors (Lipinski definition) is 3. The maximum absolute atomic E-state index is 12.2. The first-order valence-electron chi connectivity index (χ1n) is 7.82. The standard InChI is InChI=1S/C19H15Br3N2OS/c1-12-17(22)18(25)23-19(26-11-14-4-8-16(21)9-5-14)24(12)10-13-2-6-15(20)7-3-13/h2-9H,10-11H2,1H3. The molecule has 0 atom stereocenters. The Hall–Kier alpha value is -0.890. The van der Waals surface area contributed by atoms with E-state index in [-0.39, 0.29) is 5.56 Å². The maximum atomic E-state index is 12.2. The highest BCUT2D eigenvalue weighted by Gasteiger charge is 2.13. The second kappa shape index (κ2) is 8.87. The summed E-state index contributed by atoms with van der Waals surface area (Å²) in [6, 6.07) is 16.3. The van der Waals surface area contributed by atoms with Gasteiger partial charge in [-0.25, -0.2) is 0 Å². The van der Waals surface area contributed by atoms with E-state index in [0.29, 0.717) is 11.0 Å². The number of benzene rings is 2. The van der Waals surface area contributed by atoms with Crippen molar-refractivity contribution >= 4 is 59.6 Å². The lowest BCUT2D eigenvalue weighted by Crippen LogP contribution is -2.19. The molecule has 0 saturated heterocycles. The van der Waals surface area contributed by atoms with Crippen LogP contribution in [0.2, 0.25) is 0 Å². The molecule has 0 N–H and O–H groups in total. The molecule has 134 valence electrons. The van der Waals surface area contributed by atoms with E-state index in [0.717, 1.165) is 31.1 Å². The van der Waals surface area contributed by atoms with Crippen molar-refractivity contribution < 1.29 is 0 Å². The number of nitrogens with zero attached hydrogens (tertiary/aromatic N) is 2. The predicted molar refractivity (Wildman–Crippen MR) is 118 cm³/mol. The largest absolute Gasteiger partial charge is 0.319 e. The van der Waals surface area contributed by atoms with Crippen LogP contribution in [0.5, 0.6) is 0 Å². The van der Waals surface area contributed by atoms with E-state index < -0.39 is 0 Å². The average Bonchev–Trinajstić information content (AvgIpc) is 2.64. The zero-order chi connectivity index (χ0) is 18.7. The Morgan fingerprint density at radius 1 is 0.923 bits per heavy atom. The molecule has 0 aliphatic carbocycles. The Morgan fingerprint density at radius 2 is 1.46 bits per heavy atom. The van der Waals surface area contributed by atoms with Crippen LogP contribution in [-0.2, 0) is 12.3 Å². The predicted octanol–water partition coefficient (Wildman–Crippen LogP) is 6.18. The summed E-state index contributed by atoms with van der Waals surface area (Å²) in [5.41, 5.74) is 2.99. The summed E-state index contributed by atoms with van der Waals surface area (Å²) in [5.74, 6) is 0.751. The van der Waals surface area contributed by atoms with Crippen LogP contribution in [0.25, 0.3) is 0 Å². The summed E-state index contributed by atoms with van der Waals surface area (Å²) in [5, 5.41) is 0.724.